The highest BCUT2D eigenvalue weighted by atomic mass is 35.5. The molecule has 4 N–H and O–H groups in total. The van der Waals surface area contributed by atoms with Crippen LogP contribution in [-0.4, -0.2) is 126 Å². The molecule has 0 aliphatic carbocycles. The number of sulfonamides is 1. The van der Waals surface area contributed by atoms with Crippen molar-refractivity contribution in [1.82, 2.24) is 28.6 Å². The van der Waals surface area contributed by atoms with E-state index in [0.717, 1.165) is 4.90 Å². The molecule has 18 nitrogen and oxygen atoms in total. The number of ether oxygens (including phenoxy) is 2. The van der Waals surface area contributed by atoms with Crippen LogP contribution < -0.4 is 9.64 Å². The molecule has 0 bridgehead atoms. The number of carboxylic acid groups (broad SMARTS) is 1. The molecule has 3 aromatic heterocycles. The number of amides is 1. The van der Waals surface area contributed by atoms with E-state index in [9.17, 15) is 43.7 Å². The molecule has 264 valence electrons. The van der Waals surface area contributed by atoms with Gasteiger partial charge in [-0.05, 0) is 31.2 Å². The molecule has 5 heterocycles. The lowest BCUT2D eigenvalue weighted by atomic mass is 9.89. The molecule has 1 amide bonds. The Hall–Kier alpha value is -4.68. The predicted octanol–water partition coefficient (Wildman–Crippen LogP) is 0.598. The Labute approximate surface area is 289 Å². The van der Waals surface area contributed by atoms with E-state index in [0.29, 0.717) is 16.6 Å². The number of hydrogen-bond acceptors (Lipinski definition) is 13. The van der Waals surface area contributed by atoms with Gasteiger partial charge < -0.3 is 29.9 Å². The molecular weight excluding hydrogens is 700 g/mol. The summed E-state index contributed by atoms with van der Waals surface area (Å²) in [6, 6.07) is 7.26. The van der Waals surface area contributed by atoms with Crippen LogP contribution >= 0.6 is 11.6 Å². The average Bonchev–Trinajstić information content (AvgIpc) is 3.74. The van der Waals surface area contributed by atoms with Crippen molar-refractivity contribution in [2.24, 2.45) is 0 Å². The number of nitriles is 1. The highest BCUT2D eigenvalue weighted by Gasteiger charge is 2.50. The number of aliphatic carboxylic acids is 1. The SMILES string of the molecule is CCS(=O)(=O)N1CC(CC#N)(n2cc(-c3ncnc4c3ccn4C(=O)N(C)c3cc(Cl)ccc3O[C@@H]3O[C@H](C(=O)O)[C@@H](O)[C@H](O)[C@H]3O)cn2)C1. The van der Waals surface area contributed by atoms with Gasteiger partial charge in [-0.2, -0.15) is 14.7 Å². The van der Waals surface area contributed by atoms with E-state index in [1.54, 1.807) is 23.9 Å². The Morgan fingerprint density at radius 2 is 1.92 bits per heavy atom. The number of hydrogen-bond donors (Lipinski definition) is 4. The second-order valence-electron chi connectivity index (χ2n) is 11.9. The quantitative estimate of drug-likeness (QED) is 0.184. The maximum atomic E-state index is 13.9. The summed E-state index contributed by atoms with van der Waals surface area (Å²) in [6.07, 6.45) is -3.36. The summed E-state index contributed by atoms with van der Waals surface area (Å²) < 4.78 is 39.8. The molecule has 0 radical (unpaired) electrons. The molecular formula is C30H31ClN8O10S. The van der Waals surface area contributed by atoms with Crippen molar-refractivity contribution < 1.29 is 47.9 Å². The lowest BCUT2D eigenvalue weighted by Gasteiger charge is -2.47. The van der Waals surface area contributed by atoms with Crippen LogP contribution in [-0.2, 0) is 25.1 Å². The van der Waals surface area contributed by atoms with Crippen molar-refractivity contribution in [2.45, 2.75) is 49.6 Å². The maximum absolute atomic E-state index is 13.9. The highest BCUT2D eigenvalue weighted by Crippen LogP contribution is 2.37. The van der Waals surface area contributed by atoms with E-state index >= 15 is 0 Å². The van der Waals surface area contributed by atoms with E-state index in [-0.39, 0.29) is 47.4 Å². The summed E-state index contributed by atoms with van der Waals surface area (Å²) in [5, 5.41) is 54.7. The largest absolute Gasteiger partial charge is 0.479 e. The van der Waals surface area contributed by atoms with Crippen LogP contribution in [0.3, 0.4) is 0 Å². The van der Waals surface area contributed by atoms with Gasteiger partial charge in [0.2, 0.25) is 16.3 Å². The van der Waals surface area contributed by atoms with E-state index in [1.807, 2.05) is 0 Å². The number of anilines is 1. The number of rotatable bonds is 9. The molecule has 6 rings (SSSR count). The fourth-order valence-corrected chi connectivity index (χ4v) is 7.31. The Balaban J connectivity index is 1.28. The number of carbonyl (C=O) groups is 2. The third-order valence-corrected chi connectivity index (χ3v) is 10.8. The van der Waals surface area contributed by atoms with Crippen molar-refractivity contribution in [3.63, 3.8) is 0 Å². The van der Waals surface area contributed by atoms with Crippen LogP contribution in [0, 0.1) is 11.3 Å². The Morgan fingerprint density at radius 3 is 2.60 bits per heavy atom. The van der Waals surface area contributed by atoms with Gasteiger partial charge in [0.15, 0.2) is 11.8 Å². The molecule has 2 saturated heterocycles. The first-order valence-electron chi connectivity index (χ1n) is 15.1. The Morgan fingerprint density at radius 1 is 1.18 bits per heavy atom. The van der Waals surface area contributed by atoms with Gasteiger partial charge in [-0.3, -0.25) is 14.1 Å². The van der Waals surface area contributed by atoms with Crippen molar-refractivity contribution in [3.05, 3.63) is 54.2 Å². The molecule has 20 heteroatoms. The average molecular weight is 731 g/mol. The van der Waals surface area contributed by atoms with Crippen LogP contribution in [0.25, 0.3) is 22.3 Å². The van der Waals surface area contributed by atoms with E-state index in [4.69, 9.17) is 21.1 Å². The van der Waals surface area contributed by atoms with Gasteiger partial charge in [-0.25, -0.2) is 28.0 Å². The van der Waals surface area contributed by atoms with E-state index in [2.05, 4.69) is 21.1 Å². The Kier molecular flexibility index (Phi) is 9.29. The molecule has 0 saturated carbocycles. The van der Waals surface area contributed by atoms with Crippen molar-refractivity contribution in [3.8, 4) is 23.1 Å². The van der Waals surface area contributed by atoms with Gasteiger partial charge >= 0.3 is 12.0 Å². The second kappa shape index (κ2) is 13.2. The summed E-state index contributed by atoms with van der Waals surface area (Å²) in [4.78, 5) is 35.4. The van der Waals surface area contributed by atoms with Crippen LogP contribution in [0.5, 0.6) is 5.75 Å². The number of aliphatic hydroxyl groups excluding tert-OH is 3. The highest BCUT2D eigenvalue weighted by molar-refractivity contribution is 7.89. The summed E-state index contributed by atoms with van der Waals surface area (Å²) in [7, 11) is -2.03. The minimum absolute atomic E-state index is 0.0317. The third-order valence-electron chi connectivity index (χ3n) is 8.76. The summed E-state index contributed by atoms with van der Waals surface area (Å²) in [5.41, 5.74) is 0.392. The lowest BCUT2D eigenvalue weighted by Crippen LogP contribution is -2.64. The molecule has 50 heavy (non-hydrogen) atoms. The summed E-state index contributed by atoms with van der Waals surface area (Å²) in [6.45, 7) is 1.74. The second-order valence-corrected chi connectivity index (χ2v) is 14.5. The zero-order chi connectivity index (χ0) is 36.1. The number of aliphatic hydroxyl groups is 3. The number of nitrogens with zero attached hydrogens (tertiary/aromatic N) is 8. The first-order chi connectivity index (χ1) is 23.7. The first-order valence-corrected chi connectivity index (χ1v) is 17.1. The topological polar surface area (TPSA) is 246 Å². The normalized spacial score (nSPS) is 23.6. The molecule has 0 unspecified atom stereocenters. The van der Waals surface area contributed by atoms with Crippen LogP contribution in [0.4, 0.5) is 10.5 Å². The van der Waals surface area contributed by atoms with Crippen molar-refractivity contribution >= 4 is 50.3 Å². The Bertz CT molecular complexity index is 2110. The summed E-state index contributed by atoms with van der Waals surface area (Å²) >= 11 is 6.25. The van der Waals surface area contributed by atoms with Gasteiger partial charge in [0.05, 0.1) is 35.8 Å². The fourth-order valence-electron chi connectivity index (χ4n) is 5.91. The van der Waals surface area contributed by atoms with Gasteiger partial charge in [0.25, 0.3) is 0 Å². The van der Waals surface area contributed by atoms with Crippen molar-refractivity contribution in [2.75, 3.05) is 30.8 Å². The number of carboxylic acids is 1. The monoisotopic (exact) mass is 730 g/mol. The fraction of sp³-hybridized carbons (Fsp3) is 0.400. The third kappa shape index (κ3) is 6.04. The number of aromatic nitrogens is 5. The molecule has 2 aliphatic heterocycles. The molecule has 2 fully saturated rings. The van der Waals surface area contributed by atoms with Gasteiger partial charge in [0.1, 0.15) is 35.9 Å². The summed E-state index contributed by atoms with van der Waals surface area (Å²) in [5.74, 6) is -1.72. The number of halogens is 1. The van der Waals surface area contributed by atoms with E-state index < -0.39 is 58.3 Å². The predicted molar refractivity (Wildman–Crippen MR) is 174 cm³/mol. The molecule has 2 aliphatic rings. The maximum Gasteiger partial charge on any atom is 0.335 e. The lowest BCUT2D eigenvalue weighted by molar-refractivity contribution is -0.271. The van der Waals surface area contributed by atoms with Crippen LogP contribution in [0.15, 0.2) is 49.2 Å². The molecule has 4 aromatic rings. The van der Waals surface area contributed by atoms with Crippen LogP contribution in [0.1, 0.15) is 13.3 Å². The minimum Gasteiger partial charge on any atom is -0.479 e. The van der Waals surface area contributed by atoms with E-state index in [1.165, 1.54) is 52.8 Å². The number of benzene rings is 1. The van der Waals surface area contributed by atoms with Gasteiger partial charge in [-0.1, -0.05) is 11.6 Å². The van der Waals surface area contributed by atoms with Crippen molar-refractivity contribution in [1.29, 1.82) is 5.26 Å². The first kappa shape index (κ1) is 35.2. The molecule has 5 atom stereocenters. The number of fused-ring (bicyclic) bond motifs is 1. The molecule has 0 spiro atoms. The number of carbonyl (C=O) groups excluding carboxylic acids is 1. The zero-order valence-corrected chi connectivity index (χ0v) is 28.0. The standard InChI is InChI=1S/C30H31ClN8O10S/c1-3-50(46,47)37-13-30(14-37,7-8-32)39-12-16(11-35-39)21-18-6-9-38(26(18)34-15-33-21)29(45)36(2)19-10-17(31)4-5-20(19)48-28-24(42)22(40)23(41)25(49-28)27(43)44/h4-6,9-12,15,22-25,28,40-42H,3,7,13-14H2,1-2H3,(H,43,44)/t22-,23-,24+,25-,28+/m0/s1. The van der Waals surface area contributed by atoms with Crippen LogP contribution in [0.2, 0.25) is 5.02 Å². The van der Waals surface area contributed by atoms with Gasteiger partial charge in [-0.15, -0.1) is 0 Å². The zero-order valence-electron chi connectivity index (χ0n) is 26.4. The van der Waals surface area contributed by atoms with Gasteiger partial charge in [0, 0.05) is 48.5 Å². The molecule has 1 aromatic carbocycles. The minimum atomic E-state index is -3.44. The smallest absolute Gasteiger partial charge is 0.335 e.